The molecule has 0 bridgehead atoms. The standard InChI is InChI=1S/C15H18N2O3/c1-9-12(19-2)7-11-13(14(9)20-3)16-8-10-5-4-6-17(10)15(11)18/h7-8,10H,4-6H2,1-3H3. The number of amides is 1. The number of rotatable bonds is 2. The Morgan fingerprint density at radius 2 is 2.15 bits per heavy atom. The summed E-state index contributed by atoms with van der Waals surface area (Å²) in [7, 11) is 3.19. The lowest BCUT2D eigenvalue weighted by Crippen LogP contribution is -2.35. The van der Waals surface area contributed by atoms with Crippen LogP contribution in [0.2, 0.25) is 0 Å². The maximum Gasteiger partial charge on any atom is 0.256 e. The number of methoxy groups -OCH3 is 2. The average molecular weight is 274 g/mol. The molecule has 1 saturated heterocycles. The summed E-state index contributed by atoms with van der Waals surface area (Å²) in [5.41, 5.74) is 2.04. The van der Waals surface area contributed by atoms with Gasteiger partial charge in [-0.05, 0) is 25.8 Å². The molecule has 1 aromatic rings. The smallest absolute Gasteiger partial charge is 0.256 e. The lowest BCUT2D eigenvalue weighted by molar-refractivity contribution is 0.0774. The molecule has 0 saturated carbocycles. The molecule has 0 aliphatic carbocycles. The van der Waals surface area contributed by atoms with E-state index in [0.717, 1.165) is 24.9 Å². The number of carbonyl (C=O) groups is 1. The molecule has 1 amide bonds. The van der Waals surface area contributed by atoms with Crippen molar-refractivity contribution >= 4 is 17.8 Å². The molecule has 1 fully saturated rings. The van der Waals surface area contributed by atoms with Gasteiger partial charge in [0.2, 0.25) is 0 Å². The van der Waals surface area contributed by atoms with Gasteiger partial charge in [0.15, 0.2) is 5.75 Å². The molecule has 1 aromatic carbocycles. The van der Waals surface area contributed by atoms with Crippen molar-refractivity contribution in [2.24, 2.45) is 4.99 Å². The van der Waals surface area contributed by atoms with Crippen molar-refractivity contribution in [2.45, 2.75) is 25.8 Å². The van der Waals surface area contributed by atoms with Gasteiger partial charge in [-0.15, -0.1) is 0 Å². The highest BCUT2D eigenvalue weighted by Gasteiger charge is 2.33. The van der Waals surface area contributed by atoms with Gasteiger partial charge in [0.05, 0.1) is 25.8 Å². The van der Waals surface area contributed by atoms with E-state index in [1.54, 1.807) is 20.3 Å². The predicted molar refractivity (Wildman–Crippen MR) is 76.5 cm³/mol. The van der Waals surface area contributed by atoms with Crippen molar-refractivity contribution in [3.8, 4) is 11.5 Å². The van der Waals surface area contributed by atoms with Gasteiger partial charge in [0.1, 0.15) is 11.4 Å². The summed E-state index contributed by atoms with van der Waals surface area (Å²) in [6.45, 7) is 2.69. The van der Waals surface area contributed by atoms with Crippen molar-refractivity contribution < 1.29 is 14.3 Å². The Labute approximate surface area is 118 Å². The van der Waals surface area contributed by atoms with E-state index >= 15 is 0 Å². The third-order valence-electron chi connectivity index (χ3n) is 4.05. The molecule has 2 aliphatic heterocycles. The number of nitrogens with zero attached hydrogens (tertiary/aromatic N) is 2. The summed E-state index contributed by atoms with van der Waals surface area (Å²) >= 11 is 0. The van der Waals surface area contributed by atoms with E-state index in [2.05, 4.69) is 4.99 Å². The van der Waals surface area contributed by atoms with E-state index in [4.69, 9.17) is 9.47 Å². The lowest BCUT2D eigenvalue weighted by Gasteiger charge is -2.21. The zero-order valence-electron chi connectivity index (χ0n) is 12.0. The van der Waals surface area contributed by atoms with E-state index in [-0.39, 0.29) is 11.9 Å². The van der Waals surface area contributed by atoms with Gasteiger partial charge in [-0.25, -0.2) is 0 Å². The largest absolute Gasteiger partial charge is 0.496 e. The highest BCUT2D eigenvalue weighted by atomic mass is 16.5. The molecule has 0 spiro atoms. The van der Waals surface area contributed by atoms with Crippen LogP contribution < -0.4 is 9.47 Å². The molecular formula is C15H18N2O3. The van der Waals surface area contributed by atoms with Crippen molar-refractivity contribution in [3.05, 3.63) is 17.2 Å². The zero-order valence-corrected chi connectivity index (χ0v) is 12.0. The first kappa shape index (κ1) is 13.0. The molecule has 20 heavy (non-hydrogen) atoms. The SMILES string of the molecule is COc1cc2c(c(OC)c1C)N=CC1CCCN1C2=O. The molecule has 5 nitrogen and oxygen atoms in total. The van der Waals surface area contributed by atoms with E-state index in [1.807, 2.05) is 18.0 Å². The van der Waals surface area contributed by atoms with Gasteiger partial charge < -0.3 is 14.4 Å². The number of hydrogen-bond donors (Lipinski definition) is 0. The van der Waals surface area contributed by atoms with Crippen LogP contribution in [0.15, 0.2) is 11.1 Å². The Kier molecular flexibility index (Phi) is 3.12. The minimum atomic E-state index is 0.0107. The number of hydrogen-bond acceptors (Lipinski definition) is 4. The Morgan fingerprint density at radius 1 is 1.35 bits per heavy atom. The van der Waals surface area contributed by atoms with Crippen LogP contribution in [0.3, 0.4) is 0 Å². The third kappa shape index (κ3) is 1.77. The fourth-order valence-corrected chi connectivity index (χ4v) is 2.99. The molecule has 106 valence electrons. The van der Waals surface area contributed by atoms with Crippen LogP contribution in [0, 0.1) is 6.92 Å². The zero-order chi connectivity index (χ0) is 14.3. The number of fused-ring (bicyclic) bond motifs is 2. The van der Waals surface area contributed by atoms with Crippen LogP contribution in [0.5, 0.6) is 11.5 Å². The highest BCUT2D eigenvalue weighted by molar-refractivity contribution is 6.04. The highest BCUT2D eigenvalue weighted by Crippen LogP contribution is 2.42. The molecule has 2 heterocycles. The maximum atomic E-state index is 12.7. The summed E-state index contributed by atoms with van der Waals surface area (Å²) in [6, 6.07) is 1.87. The molecule has 0 N–H and O–H groups in total. The monoisotopic (exact) mass is 274 g/mol. The Bertz CT molecular complexity index is 595. The van der Waals surface area contributed by atoms with E-state index < -0.39 is 0 Å². The molecule has 2 aliphatic rings. The van der Waals surface area contributed by atoms with Gasteiger partial charge in [-0.1, -0.05) is 0 Å². The van der Waals surface area contributed by atoms with Crippen LogP contribution in [0.25, 0.3) is 0 Å². The van der Waals surface area contributed by atoms with Gasteiger partial charge >= 0.3 is 0 Å². The number of benzene rings is 1. The summed E-state index contributed by atoms with van der Waals surface area (Å²) < 4.78 is 10.8. The van der Waals surface area contributed by atoms with E-state index in [1.165, 1.54) is 0 Å². The lowest BCUT2D eigenvalue weighted by atomic mass is 10.1. The fourth-order valence-electron chi connectivity index (χ4n) is 2.99. The normalized spacial score (nSPS) is 20.4. The minimum absolute atomic E-state index is 0.0107. The molecule has 1 atom stereocenters. The average Bonchev–Trinajstić information content (AvgIpc) is 2.88. The second-order valence-electron chi connectivity index (χ2n) is 5.12. The van der Waals surface area contributed by atoms with Gasteiger partial charge in [0.25, 0.3) is 5.91 Å². The topological polar surface area (TPSA) is 51.1 Å². The van der Waals surface area contributed by atoms with Crippen LogP contribution in [0.4, 0.5) is 5.69 Å². The predicted octanol–water partition coefficient (Wildman–Crippen LogP) is 2.33. The molecular weight excluding hydrogens is 256 g/mol. The van der Waals surface area contributed by atoms with Crippen molar-refractivity contribution in [2.75, 3.05) is 20.8 Å². The molecule has 0 radical (unpaired) electrons. The van der Waals surface area contributed by atoms with Crippen LogP contribution >= 0.6 is 0 Å². The van der Waals surface area contributed by atoms with Crippen LogP contribution in [-0.2, 0) is 0 Å². The molecule has 5 heteroatoms. The summed E-state index contributed by atoms with van der Waals surface area (Å²) in [6.07, 6.45) is 3.87. The number of ether oxygens (including phenoxy) is 2. The number of carbonyl (C=O) groups excluding carboxylic acids is 1. The first-order valence-corrected chi connectivity index (χ1v) is 6.78. The second-order valence-corrected chi connectivity index (χ2v) is 5.12. The van der Waals surface area contributed by atoms with E-state index in [9.17, 15) is 4.79 Å². The maximum absolute atomic E-state index is 12.7. The van der Waals surface area contributed by atoms with E-state index in [0.29, 0.717) is 22.7 Å². The first-order chi connectivity index (χ1) is 9.67. The number of aliphatic imine (C=N–C) groups is 1. The quantitative estimate of drug-likeness (QED) is 0.831. The van der Waals surface area contributed by atoms with Crippen LogP contribution in [0.1, 0.15) is 28.8 Å². The first-order valence-electron chi connectivity index (χ1n) is 6.78. The van der Waals surface area contributed by atoms with Gasteiger partial charge in [-0.3, -0.25) is 9.79 Å². The van der Waals surface area contributed by atoms with Gasteiger partial charge in [0, 0.05) is 18.3 Å². The summed E-state index contributed by atoms with van der Waals surface area (Å²) in [5.74, 6) is 1.28. The molecule has 3 rings (SSSR count). The van der Waals surface area contributed by atoms with Crippen LogP contribution in [-0.4, -0.2) is 43.8 Å². The van der Waals surface area contributed by atoms with Gasteiger partial charge in [-0.2, -0.15) is 0 Å². The Balaban J connectivity index is 2.21. The molecule has 1 unspecified atom stereocenters. The fraction of sp³-hybridized carbons (Fsp3) is 0.467. The minimum Gasteiger partial charge on any atom is -0.496 e. The Hall–Kier alpha value is -2.04. The van der Waals surface area contributed by atoms with Crippen molar-refractivity contribution in [1.82, 2.24) is 4.90 Å². The third-order valence-corrected chi connectivity index (χ3v) is 4.05. The van der Waals surface area contributed by atoms with Crippen molar-refractivity contribution in [3.63, 3.8) is 0 Å². The molecule has 0 aromatic heterocycles. The van der Waals surface area contributed by atoms with Crippen molar-refractivity contribution in [1.29, 1.82) is 0 Å². The Morgan fingerprint density at radius 3 is 2.85 bits per heavy atom. The second kappa shape index (κ2) is 4.81. The summed E-state index contributed by atoms with van der Waals surface area (Å²) in [5, 5.41) is 0. The summed E-state index contributed by atoms with van der Waals surface area (Å²) in [4.78, 5) is 19.1.